The molecular formula is C16H14N2O2S. The van der Waals surface area contributed by atoms with Crippen molar-refractivity contribution >= 4 is 27.0 Å². The van der Waals surface area contributed by atoms with E-state index in [2.05, 4.69) is 0 Å². The molecule has 1 aromatic heterocycles. The smallest absolute Gasteiger partial charge is 0.268 e. The summed E-state index contributed by atoms with van der Waals surface area (Å²) in [6.45, 7) is 0. The van der Waals surface area contributed by atoms with Gasteiger partial charge >= 0.3 is 0 Å². The zero-order valence-corrected chi connectivity index (χ0v) is 12.0. The van der Waals surface area contributed by atoms with Crippen LogP contribution in [-0.2, 0) is 10.0 Å². The molecule has 3 aromatic rings. The lowest BCUT2D eigenvalue weighted by Crippen LogP contribution is -2.11. The molecular weight excluding hydrogens is 284 g/mol. The van der Waals surface area contributed by atoms with Gasteiger partial charge in [0.15, 0.2) is 0 Å². The Bertz CT molecular complexity index is 910. The quantitative estimate of drug-likeness (QED) is 0.808. The van der Waals surface area contributed by atoms with Gasteiger partial charge in [-0.1, -0.05) is 30.3 Å². The molecule has 0 aliphatic heterocycles. The molecule has 5 heteroatoms. The minimum atomic E-state index is -3.59. The lowest BCUT2D eigenvalue weighted by molar-refractivity contribution is 0.589. The first-order chi connectivity index (χ1) is 10.1. The van der Waals surface area contributed by atoms with E-state index in [1.165, 1.54) is 10.2 Å². The van der Waals surface area contributed by atoms with Crippen molar-refractivity contribution in [1.82, 2.24) is 3.97 Å². The standard InChI is InChI=1S/C16H14N2O2S/c17-11-9-13-5-4-8-16-15(13)10-12-18(16)21(19,20)14-6-2-1-3-7-14/h1-12H,17H2/b11-9+. The van der Waals surface area contributed by atoms with Crippen molar-refractivity contribution in [3.63, 3.8) is 0 Å². The Morgan fingerprint density at radius 1 is 0.952 bits per heavy atom. The van der Waals surface area contributed by atoms with Crippen LogP contribution < -0.4 is 5.73 Å². The fourth-order valence-electron chi connectivity index (χ4n) is 2.33. The monoisotopic (exact) mass is 298 g/mol. The number of fused-ring (bicyclic) bond motifs is 1. The predicted octanol–water partition coefficient (Wildman–Crippen LogP) is 2.81. The van der Waals surface area contributed by atoms with E-state index < -0.39 is 10.0 Å². The molecule has 0 unspecified atom stereocenters. The van der Waals surface area contributed by atoms with Crippen molar-refractivity contribution in [2.75, 3.05) is 0 Å². The molecule has 21 heavy (non-hydrogen) atoms. The highest BCUT2D eigenvalue weighted by Crippen LogP contribution is 2.25. The first-order valence-electron chi connectivity index (χ1n) is 6.43. The molecule has 0 fully saturated rings. The Morgan fingerprint density at radius 2 is 1.71 bits per heavy atom. The summed E-state index contributed by atoms with van der Waals surface area (Å²) in [5.74, 6) is 0. The number of nitrogens with two attached hydrogens (primary N) is 1. The van der Waals surface area contributed by atoms with Crippen LogP contribution >= 0.6 is 0 Å². The van der Waals surface area contributed by atoms with Crippen LogP contribution in [0.25, 0.3) is 17.0 Å². The number of hydrogen-bond acceptors (Lipinski definition) is 3. The van der Waals surface area contributed by atoms with E-state index in [9.17, 15) is 8.42 Å². The Balaban J connectivity index is 2.25. The molecule has 0 aliphatic rings. The van der Waals surface area contributed by atoms with Gasteiger partial charge < -0.3 is 5.73 Å². The van der Waals surface area contributed by atoms with Gasteiger partial charge in [0.1, 0.15) is 0 Å². The summed E-state index contributed by atoms with van der Waals surface area (Å²) in [7, 11) is -3.59. The first-order valence-corrected chi connectivity index (χ1v) is 7.87. The first kappa shape index (κ1) is 13.5. The van der Waals surface area contributed by atoms with Gasteiger partial charge in [0, 0.05) is 11.6 Å². The summed E-state index contributed by atoms with van der Waals surface area (Å²) in [5.41, 5.74) is 6.95. The second-order valence-corrected chi connectivity index (χ2v) is 6.38. The third-order valence-corrected chi connectivity index (χ3v) is 5.01. The molecule has 2 aromatic carbocycles. The summed E-state index contributed by atoms with van der Waals surface area (Å²) in [4.78, 5) is 0.266. The van der Waals surface area contributed by atoms with Crippen molar-refractivity contribution < 1.29 is 8.42 Å². The highest BCUT2D eigenvalue weighted by Gasteiger charge is 2.18. The number of rotatable bonds is 3. The normalized spacial score (nSPS) is 12.2. The van der Waals surface area contributed by atoms with E-state index in [0.717, 1.165) is 10.9 Å². The van der Waals surface area contributed by atoms with Crippen molar-refractivity contribution in [3.8, 4) is 0 Å². The van der Waals surface area contributed by atoms with Crippen LogP contribution in [0.15, 0.2) is 71.9 Å². The summed E-state index contributed by atoms with van der Waals surface area (Å²) in [6.07, 6.45) is 4.76. The van der Waals surface area contributed by atoms with Crippen LogP contribution in [0.2, 0.25) is 0 Å². The molecule has 4 nitrogen and oxygen atoms in total. The maximum Gasteiger partial charge on any atom is 0.268 e. The Hall–Kier alpha value is -2.53. The van der Waals surface area contributed by atoms with Crippen molar-refractivity contribution in [3.05, 3.63) is 72.6 Å². The summed E-state index contributed by atoms with van der Waals surface area (Å²) < 4.78 is 26.7. The molecule has 0 amide bonds. The molecule has 2 N–H and O–H groups in total. The van der Waals surface area contributed by atoms with Gasteiger partial charge in [-0.15, -0.1) is 0 Å². The lowest BCUT2D eigenvalue weighted by atomic mass is 10.1. The second-order valence-electron chi connectivity index (χ2n) is 4.57. The van der Waals surface area contributed by atoms with E-state index in [4.69, 9.17) is 5.73 Å². The minimum Gasteiger partial charge on any atom is -0.405 e. The molecule has 0 radical (unpaired) electrons. The van der Waals surface area contributed by atoms with Crippen LogP contribution in [0.5, 0.6) is 0 Å². The third-order valence-electron chi connectivity index (χ3n) is 3.31. The fourth-order valence-corrected chi connectivity index (χ4v) is 3.70. The van der Waals surface area contributed by atoms with Gasteiger partial charge in [-0.05, 0) is 42.1 Å². The van der Waals surface area contributed by atoms with Crippen LogP contribution in [0, 0.1) is 0 Å². The highest BCUT2D eigenvalue weighted by molar-refractivity contribution is 7.90. The van der Waals surface area contributed by atoms with Gasteiger partial charge in [-0.2, -0.15) is 0 Å². The van der Waals surface area contributed by atoms with Crippen molar-refractivity contribution in [2.45, 2.75) is 4.90 Å². The molecule has 0 spiro atoms. The van der Waals surface area contributed by atoms with Crippen molar-refractivity contribution in [2.24, 2.45) is 5.73 Å². The van der Waals surface area contributed by atoms with Gasteiger partial charge in [0.05, 0.1) is 10.4 Å². The van der Waals surface area contributed by atoms with Crippen LogP contribution in [-0.4, -0.2) is 12.4 Å². The highest BCUT2D eigenvalue weighted by atomic mass is 32.2. The number of benzene rings is 2. The average molecular weight is 298 g/mol. The Kier molecular flexibility index (Phi) is 3.27. The summed E-state index contributed by atoms with van der Waals surface area (Å²) in [6, 6.07) is 15.7. The molecule has 1 heterocycles. The summed E-state index contributed by atoms with van der Waals surface area (Å²) in [5, 5.41) is 0.846. The topological polar surface area (TPSA) is 65.1 Å². The molecule has 0 atom stereocenters. The third kappa shape index (κ3) is 2.21. The molecule has 0 bridgehead atoms. The molecule has 0 saturated heterocycles. The zero-order valence-electron chi connectivity index (χ0n) is 11.2. The zero-order chi connectivity index (χ0) is 14.9. The van der Waals surface area contributed by atoms with Crippen LogP contribution in [0.4, 0.5) is 0 Å². The van der Waals surface area contributed by atoms with Gasteiger partial charge in [-0.3, -0.25) is 0 Å². The Morgan fingerprint density at radius 3 is 2.43 bits per heavy atom. The SMILES string of the molecule is N/C=C/c1cccc2c1ccn2S(=O)(=O)c1ccccc1. The molecule has 3 rings (SSSR count). The van der Waals surface area contributed by atoms with E-state index in [1.807, 2.05) is 12.1 Å². The fraction of sp³-hybridized carbons (Fsp3) is 0. The van der Waals surface area contributed by atoms with Crippen LogP contribution in [0.3, 0.4) is 0 Å². The van der Waals surface area contributed by atoms with E-state index in [1.54, 1.807) is 54.7 Å². The van der Waals surface area contributed by atoms with Gasteiger partial charge in [0.25, 0.3) is 10.0 Å². The average Bonchev–Trinajstić information content (AvgIpc) is 2.94. The Labute approximate surface area is 123 Å². The van der Waals surface area contributed by atoms with E-state index in [0.29, 0.717) is 5.52 Å². The minimum absolute atomic E-state index is 0.266. The number of hydrogen-bond donors (Lipinski definition) is 1. The largest absolute Gasteiger partial charge is 0.405 e. The number of aromatic nitrogens is 1. The van der Waals surface area contributed by atoms with Crippen molar-refractivity contribution in [1.29, 1.82) is 0 Å². The molecule has 0 aliphatic carbocycles. The van der Waals surface area contributed by atoms with Crippen LogP contribution in [0.1, 0.15) is 5.56 Å². The molecule has 106 valence electrons. The van der Waals surface area contributed by atoms with E-state index >= 15 is 0 Å². The van der Waals surface area contributed by atoms with E-state index in [-0.39, 0.29) is 4.90 Å². The maximum atomic E-state index is 12.7. The maximum absolute atomic E-state index is 12.7. The number of nitrogens with zero attached hydrogens (tertiary/aromatic N) is 1. The summed E-state index contributed by atoms with van der Waals surface area (Å²) >= 11 is 0. The second kappa shape index (κ2) is 5.10. The lowest BCUT2D eigenvalue weighted by Gasteiger charge is -2.07. The molecule has 0 saturated carbocycles. The van der Waals surface area contributed by atoms with Gasteiger partial charge in [-0.25, -0.2) is 12.4 Å². The predicted molar refractivity (Wildman–Crippen MR) is 84.2 cm³/mol. The van der Waals surface area contributed by atoms with Gasteiger partial charge in [0.2, 0.25) is 0 Å².